The molecule has 1 saturated carbocycles. The van der Waals surface area contributed by atoms with Crippen LogP contribution in [0.3, 0.4) is 0 Å². The zero-order valence-electron chi connectivity index (χ0n) is 13.3. The van der Waals surface area contributed by atoms with E-state index in [1.807, 2.05) is 4.90 Å². The first-order valence-electron chi connectivity index (χ1n) is 8.30. The molecule has 2 fully saturated rings. The summed E-state index contributed by atoms with van der Waals surface area (Å²) in [6.45, 7) is 4.08. The van der Waals surface area contributed by atoms with Crippen LogP contribution in [0.4, 0.5) is 13.2 Å². The molecule has 23 heavy (non-hydrogen) atoms. The van der Waals surface area contributed by atoms with Gasteiger partial charge in [-0.1, -0.05) is 6.42 Å². The van der Waals surface area contributed by atoms with Gasteiger partial charge in [-0.05, 0) is 19.3 Å². The molecule has 0 bridgehead atoms. The Labute approximate surface area is 134 Å². The number of halogens is 3. The molecule has 1 amide bonds. The van der Waals surface area contributed by atoms with Crippen LogP contribution >= 0.6 is 0 Å². The predicted octanol–water partition coefficient (Wildman–Crippen LogP) is 0.834. The minimum absolute atomic E-state index is 0.000478. The summed E-state index contributed by atoms with van der Waals surface area (Å²) in [5.74, 6) is -1.47. The zero-order valence-corrected chi connectivity index (χ0v) is 13.3. The highest BCUT2D eigenvalue weighted by Gasteiger charge is 2.42. The molecule has 1 saturated heterocycles. The highest BCUT2D eigenvalue weighted by molar-refractivity contribution is 5.78. The molecule has 0 aromatic rings. The second-order valence-corrected chi connectivity index (χ2v) is 6.51. The maximum Gasteiger partial charge on any atom is 0.391 e. The average molecular weight is 337 g/mol. The molecule has 134 valence electrons. The third kappa shape index (κ3) is 5.93. The van der Waals surface area contributed by atoms with Gasteiger partial charge in [0.15, 0.2) is 0 Å². The lowest BCUT2D eigenvalue weighted by Crippen LogP contribution is -2.51. The number of amides is 1. The first-order valence-corrected chi connectivity index (χ1v) is 8.30. The maximum absolute atomic E-state index is 12.8. The van der Waals surface area contributed by atoms with E-state index >= 15 is 0 Å². The Kier molecular flexibility index (Phi) is 6.67. The average Bonchev–Trinajstić information content (AvgIpc) is 2.49. The van der Waals surface area contributed by atoms with E-state index in [0.717, 1.165) is 26.2 Å². The first-order chi connectivity index (χ1) is 10.9. The van der Waals surface area contributed by atoms with Crippen LogP contribution in [-0.4, -0.2) is 78.9 Å². The van der Waals surface area contributed by atoms with Gasteiger partial charge >= 0.3 is 6.18 Å². The number of piperazine rings is 1. The molecule has 5 nitrogen and oxygen atoms in total. The standard InChI is InChI=1S/C15H26F3N3O2/c16-15(17,18)12-2-1-3-13(10-12)19-14(23)11-21-6-4-20(5-7-21)8-9-22/h12-13,22H,1-11H2,(H,19,23)/t12-,13-/m1/s1. The van der Waals surface area contributed by atoms with Crippen molar-refractivity contribution in [2.75, 3.05) is 45.9 Å². The second kappa shape index (κ2) is 8.30. The van der Waals surface area contributed by atoms with Crippen LogP contribution in [0.2, 0.25) is 0 Å². The molecule has 0 radical (unpaired) electrons. The fourth-order valence-electron chi connectivity index (χ4n) is 3.41. The summed E-state index contributed by atoms with van der Waals surface area (Å²) in [4.78, 5) is 16.2. The quantitative estimate of drug-likeness (QED) is 0.780. The molecule has 0 unspecified atom stereocenters. The molecule has 1 heterocycles. The first kappa shape index (κ1) is 18.5. The molecule has 1 aliphatic carbocycles. The fourth-order valence-corrected chi connectivity index (χ4v) is 3.41. The van der Waals surface area contributed by atoms with Crippen molar-refractivity contribution in [2.24, 2.45) is 5.92 Å². The number of carbonyl (C=O) groups is 1. The molecule has 1 aliphatic heterocycles. The summed E-state index contributed by atoms with van der Waals surface area (Å²) in [5.41, 5.74) is 0. The Morgan fingerprint density at radius 3 is 2.39 bits per heavy atom. The van der Waals surface area contributed by atoms with Crippen molar-refractivity contribution in [1.82, 2.24) is 15.1 Å². The molecular formula is C15H26F3N3O2. The van der Waals surface area contributed by atoms with E-state index in [1.165, 1.54) is 0 Å². The van der Waals surface area contributed by atoms with E-state index in [1.54, 1.807) is 0 Å². The fraction of sp³-hybridized carbons (Fsp3) is 0.933. The number of alkyl halides is 3. The summed E-state index contributed by atoms with van der Waals surface area (Å²) in [6, 6.07) is -0.362. The van der Waals surface area contributed by atoms with Crippen molar-refractivity contribution < 1.29 is 23.1 Å². The van der Waals surface area contributed by atoms with Gasteiger partial charge in [0.2, 0.25) is 5.91 Å². The number of hydrogen-bond acceptors (Lipinski definition) is 4. The second-order valence-electron chi connectivity index (χ2n) is 6.51. The maximum atomic E-state index is 12.8. The lowest BCUT2D eigenvalue weighted by molar-refractivity contribution is -0.184. The molecule has 2 atom stereocenters. The van der Waals surface area contributed by atoms with Crippen LogP contribution in [0, 0.1) is 5.92 Å². The van der Waals surface area contributed by atoms with Crippen LogP contribution < -0.4 is 5.32 Å². The van der Waals surface area contributed by atoms with Gasteiger partial charge in [0.25, 0.3) is 0 Å². The third-order valence-electron chi connectivity index (χ3n) is 4.75. The molecule has 2 rings (SSSR count). The van der Waals surface area contributed by atoms with Crippen molar-refractivity contribution in [3.05, 3.63) is 0 Å². The van der Waals surface area contributed by atoms with Crippen LogP contribution in [0.25, 0.3) is 0 Å². The van der Waals surface area contributed by atoms with E-state index in [0.29, 0.717) is 19.4 Å². The highest BCUT2D eigenvalue weighted by atomic mass is 19.4. The number of aliphatic hydroxyl groups excluding tert-OH is 1. The molecule has 0 aromatic heterocycles. The van der Waals surface area contributed by atoms with Crippen molar-refractivity contribution in [3.63, 3.8) is 0 Å². The van der Waals surface area contributed by atoms with Gasteiger partial charge in [-0.15, -0.1) is 0 Å². The SMILES string of the molecule is O=C(CN1CCN(CCO)CC1)N[C@@H]1CCC[C@@H](C(F)(F)F)C1. The number of rotatable bonds is 5. The predicted molar refractivity (Wildman–Crippen MR) is 79.9 cm³/mol. The van der Waals surface area contributed by atoms with Crippen molar-refractivity contribution in [3.8, 4) is 0 Å². The van der Waals surface area contributed by atoms with Crippen molar-refractivity contribution in [1.29, 1.82) is 0 Å². The number of nitrogens with one attached hydrogen (secondary N) is 1. The van der Waals surface area contributed by atoms with Crippen molar-refractivity contribution in [2.45, 2.75) is 37.9 Å². The summed E-state index contributed by atoms with van der Waals surface area (Å²) >= 11 is 0. The minimum Gasteiger partial charge on any atom is -0.395 e. The Bertz CT molecular complexity index is 385. The van der Waals surface area contributed by atoms with E-state index < -0.39 is 12.1 Å². The van der Waals surface area contributed by atoms with Gasteiger partial charge in [-0.2, -0.15) is 13.2 Å². The lowest BCUT2D eigenvalue weighted by atomic mass is 9.85. The van der Waals surface area contributed by atoms with Gasteiger partial charge in [-0.25, -0.2) is 0 Å². The van der Waals surface area contributed by atoms with E-state index in [9.17, 15) is 18.0 Å². The van der Waals surface area contributed by atoms with Gasteiger partial charge in [0.05, 0.1) is 19.1 Å². The number of aliphatic hydroxyl groups is 1. The molecule has 0 spiro atoms. The summed E-state index contributed by atoms with van der Waals surface area (Å²) in [6.07, 6.45) is -2.85. The van der Waals surface area contributed by atoms with E-state index in [-0.39, 0.29) is 37.9 Å². The topological polar surface area (TPSA) is 55.8 Å². The Balaban J connectivity index is 1.71. The number of nitrogens with zero attached hydrogens (tertiary/aromatic N) is 2. The lowest BCUT2D eigenvalue weighted by Gasteiger charge is -2.35. The molecular weight excluding hydrogens is 311 g/mol. The van der Waals surface area contributed by atoms with E-state index in [4.69, 9.17) is 5.11 Å². The Morgan fingerprint density at radius 2 is 1.78 bits per heavy atom. The van der Waals surface area contributed by atoms with Gasteiger partial charge in [0, 0.05) is 38.8 Å². The third-order valence-corrected chi connectivity index (χ3v) is 4.75. The minimum atomic E-state index is -4.16. The normalized spacial score (nSPS) is 27.8. The molecule has 0 aromatic carbocycles. The number of β-amino-alcohol motifs (C(OH)–C–C–N with tert-alkyl or cyclic N) is 1. The van der Waals surface area contributed by atoms with Crippen LogP contribution in [0.5, 0.6) is 0 Å². The van der Waals surface area contributed by atoms with Crippen molar-refractivity contribution >= 4 is 5.91 Å². The molecule has 2 N–H and O–H groups in total. The van der Waals surface area contributed by atoms with Crippen LogP contribution in [0.15, 0.2) is 0 Å². The van der Waals surface area contributed by atoms with Gasteiger partial charge < -0.3 is 10.4 Å². The Hall–Kier alpha value is -0.860. The van der Waals surface area contributed by atoms with Gasteiger partial charge in [-0.3, -0.25) is 14.6 Å². The zero-order chi connectivity index (χ0) is 16.9. The number of carbonyl (C=O) groups excluding carboxylic acids is 1. The molecule has 8 heteroatoms. The molecule has 2 aliphatic rings. The number of hydrogen-bond donors (Lipinski definition) is 2. The summed E-state index contributed by atoms with van der Waals surface area (Å²) in [7, 11) is 0. The smallest absolute Gasteiger partial charge is 0.391 e. The van der Waals surface area contributed by atoms with E-state index in [2.05, 4.69) is 10.2 Å². The van der Waals surface area contributed by atoms with Crippen LogP contribution in [0.1, 0.15) is 25.7 Å². The highest BCUT2D eigenvalue weighted by Crippen LogP contribution is 2.37. The summed E-state index contributed by atoms with van der Waals surface area (Å²) in [5, 5.41) is 11.7. The monoisotopic (exact) mass is 337 g/mol. The summed E-state index contributed by atoms with van der Waals surface area (Å²) < 4.78 is 38.3. The van der Waals surface area contributed by atoms with Crippen LogP contribution in [-0.2, 0) is 4.79 Å². The van der Waals surface area contributed by atoms with Gasteiger partial charge in [0.1, 0.15) is 0 Å². The Morgan fingerprint density at radius 1 is 1.13 bits per heavy atom. The largest absolute Gasteiger partial charge is 0.395 e.